The third-order valence-corrected chi connectivity index (χ3v) is 4.48. The molecule has 108 valence electrons. The minimum atomic E-state index is -0.149. The fourth-order valence-corrected chi connectivity index (χ4v) is 3.18. The first kappa shape index (κ1) is 14.2. The van der Waals surface area contributed by atoms with E-state index in [0.29, 0.717) is 17.9 Å². The van der Waals surface area contributed by atoms with Crippen LogP contribution in [-0.4, -0.2) is 24.5 Å². The maximum atomic E-state index is 11.1. The lowest BCUT2D eigenvalue weighted by atomic mass is 9.82. The zero-order valence-corrected chi connectivity index (χ0v) is 11.6. The number of carbonyl (C=O) groups excluding carboxylic acids is 1. The molecule has 0 atom stereocenters. The molecular formula is C14H26N4O. The molecule has 1 amide bonds. The van der Waals surface area contributed by atoms with Crippen molar-refractivity contribution in [3.63, 3.8) is 0 Å². The van der Waals surface area contributed by atoms with E-state index in [9.17, 15) is 4.79 Å². The summed E-state index contributed by atoms with van der Waals surface area (Å²) in [4.78, 5) is 15.5. The molecular weight excluding hydrogens is 240 g/mol. The van der Waals surface area contributed by atoms with Crippen LogP contribution in [0.4, 0.5) is 0 Å². The van der Waals surface area contributed by atoms with Crippen LogP contribution < -0.4 is 16.8 Å². The molecule has 5 heteroatoms. The molecule has 0 spiro atoms. The Morgan fingerprint density at radius 3 is 2.26 bits per heavy atom. The second kappa shape index (κ2) is 6.78. The lowest BCUT2D eigenvalue weighted by Gasteiger charge is -2.25. The molecule has 2 saturated carbocycles. The monoisotopic (exact) mass is 266 g/mol. The summed E-state index contributed by atoms with van der Waals surface area (Å²) in [6.07, 6.45) is 8.89. The van der Waals surface area contributed by atoms with E-state index >= 15 is 0 Å². The van der Waals surface area contributed by atoms with Crippen LogP contribution in [-0.2, 0) is 4.79 Å². The maximum Gasteiger partial charge on any atom is 0.220 e. The van der Waals surface area contributed by atoms with Crippen LogP contribution in [0.2, 0.25) is 0 Å². The minimum absolute atomic E-state index is 0.0780. The number of aliphatic imine (C=N–C) groups is 1. The van der Waals surface area contributed by atoms with E-state index in [1.54, 1.807) is 0 Å². The van der Waals surface area contributed by atoms with Gasteiger partial charge in [-0.05, 0) is 44.4 Å². The topological polar surface area (TPSA) is 93.5 Å². The summed E-state index contributed by atoms with van der Waals surface area (Å²) in [5.74, 6) is 1.07. The first-order chi connectivity index (χ1) is 9.15. The lowest BCUT2D eigenvalue weighted by Crippen LogP contribution is -2.39. The van der Waals surface area contributed by atoms with Gasteiger partial charge in [0.2, 0.25) is 5.91 Å². The second-order valence-corrected chi connectivity index (χ2v) is 5.97. The van der Waals surface area contributed by atoms with Gasteiger partial charge in [-0.2, -0.15) is 0 Å². The number of carbonyl (C=O) groups is 1. The fraction of sp³-hybridized carbons (Fsp3) is 0.857. The van der Waals surface area contributed by atoms with Gasteiger partial charge in [-0.1, -0.05) is 12.8 Å². The SMILES string of the molecule is NC(=O)C1CCC(CN=C(N)NC2CCCC2)CC1. The highest BCUT2D eigenvalue weighted by atomic mass is 16.1. The van der Waals surface area contributed by atoms with Gasteiger partial charge in [0.25, 0.3) is 0 Å². The Labute approximate surface area is 115 Å². The Bertz CT molecular complexity index is 328. The van der Waals surface area contributed by atoms with Gasteiger partial charge in [0, 0.05) is 18.5 Å². The Kier molecular flexibility index (Phi) is 5.05. The number of nitrogens with zero attached hydrogens (tertiary/aromatic N) is 1. The summed E-state index contributed by atoms with van der Waals surface area (Å²) in [5, 5.41) is 3.30. The summed E-state index contributed by atoms with van der Waals surface area (Å²) >= 11 is 0. The number of hydrogen-bond acceptors (Lipinski definition) is 2. The highest BCUT2D eigenvalue weighted by Crippen LogP contribution is 2.28. The number of primary amides is 1. The quantitative estimate of drug-likeness (QED) is 0.526. The van der Waals surface area contributed by atoms with Crippen LogP contribution in [0.3, 0.4) is 0 Å². The van der Waals surface area contributed by atoms with Gasteiger partial charge in [0.15, 0.2) is 5.96 Å². The van der Waals surface area contributed by atoms with Gasteiger partial charge in [0.1, 0.15) is 0 Å². The predicted molar refractivity (Wildman–Crippen MR) is 76.5 cm³/mol. The third kappa shape index (κ3) is 4.40. The molecule has 5 N–H and O–H groups in total. The van der Waals surface area contributed by atoms with Crippen molar-refractivity contribution in [2.24, 2.45) is 28.3 Å². The van der Waals surface area contributed by atoms with E-state index in [1.165, 1.54) is 25.7 Å². The molecule has 0 heterocycles. The van der Waals surface area contributed by atoms with Crippen LogP contribution in [0.15, 0.2) is 4.99 Å². The summed E-state index contributed by atoms with van der Waals surface area (Å²) in [7, 11) is 0. The molecule has 2 rings (SSSR count). The number of guanidine groups is 1. The Balaban J connectivity index is 1.68. The number of hydrogen-bond donors (Lipinski definition) is 3. The lowest BCUT2D eigenvalue weighted by molar-refractivity contribution is -0.122. The molecule has 0 bridgehead atoms. The Morgan fingerprint density at radius 1 is 1.05 bits per heavy atom. The molecule has 0 saturated heterocycles. The molecule has 2 fully saturated rings. The van der Waals surface area contributed by atoms with Crippen LogP contribution in [0.1, 0.15) is 51.4 Å². The minimum Gasteiger partial charge on any atom is -0.370 e. The van der Waals surface area contributed by atoms with E-state index in [-0.39, 0.29) is 11.8 Å². The molecule has 0 aromatic rings. The van der Waals surface area contributed by atoms with E-state index in [2.05, 4.69) is 10.3 Å². The van der Waals surface area contributed by atoms with Crippen molar-refractivity contribution in [2.75, 3.05) is 6.54 Å². The number of nitrogens with one attached hydrogen (secondary N) is 1. The van der Waals surface area contributed by atoms with Crippen molar-refractivity contribution in [3.05, 3.63) is 0 Å². The third-order valence-electron chi connectivity index (χ3n) is 4.48. The predicted octanol–water partition coefficient (Wildman–Crippen LogP) is 1.12. The van der Waals surface area contributed by atoms with E-state index in [4.69, 9.17) is 11.5 Å². The standard InChI is InChI=1S/C14H26N4O/c15-13(19)11-7-5-10(6-8-11)9-17-14(16)18-12-3-1-2-4-12/h10-12H,1-9H2,(H2,15,19)(H3,16,17,18). The summed E-state index contributed by atoms with van der Waals surface area (Å²) in [6.45, 7) is 0.775. The molecule has 2 aliphatic rings. The zero-order chi connectivity index (χ0) is 13.7. The highest BCUT2D eigenvalue weighted by molar-refractivity contribution is 5.78. The number of rotatable bonds is 4. The van der Waals surface area contributed by atoms with Gasteiger partial charge < -0.3 is 16.8 Å². The molecule has 0 aliphatic heterocycles. The van der Waals surface area contributed by atoms with Crippen molar-refractivity contribution in [1.29, 1.82) is 0 Å². The summed E-state index contributed by atoms with van der Waals surface area (Å²) in [5.41, 5.74) is 11.2. The van der Waals surface area contributed by atoms with E-state index in [0.717, 1.165) is 32.2 Å². The van der Waals surface area contributed by atoms with Crippen molar-refractivity contribution in [1.82, 2.24) is 5.32 Å². The van der Waals surface area contributed by atoms with Gasteiger partial charge >= 0.3 is 0 Å². The smallest absolute Gasteiger partial charge is 0.220 e. The van der Waals surface area contributed by atoms with E-state index < -0.39 is 0 Å². The Morgan fingerprint density at radius 2 is 1.68 bits per heavy atom. The van der Waals surface area contributed by atoms with Gasteiger partial charge in [0.05, 0.1) is 0 Å². The first-order valence-electron chi connectivity index (χ1n) is 7.51. The van der Waals surface area contributed by atoms with Crippen molar-refractivity contribution >= 4 is 11.9 Å². The first-order valence-corrected chi connectivity index (χ1v) is 7.51. The molecule has 2 aliphatic carbocycles. The van der Waals surface area contributed by atoms with E-state index in [1.807, 2.05) is 0 Å². The van der Waals surface area contributed by atoms with Crippen molar-refractivity contribution in [2.45, 2.75) is 57.4 Å². The second-order valence-electron chi connectivity index (χ2n) is 5.97. The largest absolute Gasteiger partial charge is 0.370 e. The number of amides is 1. The molecule has 19 heavy (non-hydrogen) atoms. The summed E-state index contributed by atoms with van der Waals surface area (Å²) < 4.78 is 0. The van der Waals surface area contributed by atoms with Gasteiger partial charge in [-0.15, -0.1) is 0 Å². The fourth-order valence-electron chi connectivity index (χ4n) is 3.18. The highest BCUT2D eigenvalue weighted by Gasteiger charge is 2.24. The van der Waals surface area contributed by atoms with Crippen molar-refractivity contribution in [3.8, 4) is 0 Å². The molecule has 0 radical (unpaired) electrons. The van der Waals surface area contributed by atoms with Crippen LogP contribution in [0.5, 0.6) is 0 Å². The normalized spacial score (nSPS) is 29.4. The average Bonchev–Trinajstić information content (AvgIpc) is 2.89. The average molecular weight is 266 g/mol. The Hall–Kier alpha value is -1.26. The molecule has 0 aromatic heterocycles. The number of nitrogens with two attached hydrogens (primary N) is 2. The summed E-state index contributed by atoms with van der Waals surface area (Å²) in [6, 6.07) is 0.523. The van der Waals surface area contributed by atoms with Crippen molar-refractivity contribution < 1.29 is 4.79 Å². The van der Waals surface area contributed by atoms with Crippen LogP contribution >= 0.6 is 0 Å². The maximum absolute atomic E-state index is 11.1. The van der Waals surface area contributed by atoms with Gasteiger partial charge in [-0.3, -0.25) is 9.79 Å². The van der Waals surface area contributed by atoms with Gasteiger partial charge in [-0.25, -0.2) is 0 Å². The molecule has 0 aromatic carbocycles. The zero-order valence-electron chi connectivity index (χ0n) is 11.6. The molecule has 5 nitrogen and oxygen atoms in total. The van der Waals surface area contributed by atoms with Crippen LogP contribution in [0.25, 0.3) is 0 Å². The molecule has 0 unspecified atom stereocenters. The van der Waals surface area contributed by atoms with Crippen LogP contribution in [0, 0.1) is 11.8 Å².